The first kappa shape index (κ1) is 32.0. The summed E-state index contributed by atoms with van der Waals surface area (Å²) in [5.74, 6) is 0. The van der Waals surface area contributed by atoms with Crippen molar-refractivity contribution in [3.63, 3.8) is 0 Å². The maximum atomic E-state index is 5.14. The number of benzene rings is 7. The van der Waals surface area contributed by atoms with Crippen LogP contribution in [0.4, 0.5) is 17.1 Å². The monoisotopic (exact) mass is 681 g/mol. The summed E-state index contributed by atoms with van der Waals surface area (Å²) in [6, 6.07) is 60.8. The number of anilines is 3. The zero-order valence-electron chi connectivity index (χ0n) is 29.5. The summed E-state index contributed by atoms with van der Waals surface area (Å²) in [7, 11) is 0. The van der Waals surface area contributed by atoms with Crippen molar-refractivity contribution >= 4 is 39.1 Å². The van der Waals surface area contributed by atoms with Gasteiger partial charge in [-0.25, -0.2) is 19.9 Å². The lowest BCUT2D eigenvalue weighted by Crippen LogP contribution is -2.09. The molecule has 0 atom stereocenters. The molecule has 0 N–H and O–H groups in total. The van der Waals surface area contributed by atoms with Crippen molar-refractivity contribution in [2.24, 2.45) is 0 Å². The number of nitrogens with zero attached hydrogens (tertiary/aromatic N) is 5. The minimum absolute atomic E-state index is 0.857. The van der Waals surface area contributed by atoms with Crippen LogP contribution in [0.3, 0.4) is 0 Å². The molecule has 0 saturated heterocycles. The molecule has 53 heavy (non-hydrogen) atoms. The number of aromatic nitrogens is 4. The van der Waals surface area contributed by atoms with Gasteiger partial charge in [-0.2, -0.15) is 0 Å². The second-order valence-electron chi connectivity index (χ2n) is 13.3. The molecule has 0 saturated carbocycles. The Bertz CT molecular complexity index is 2530. The van der Waals surface area contributed by atoms with Crippen LogP contribution in [0.2, 0.25) is 0 Å². The molecule has 5 nitrogen and oxygen atoms in total. The molecule has 0 bridgehead atoms. The Hall–Kier alpha value is -6.98. The molecule has 0 aliphatic rings. The van der Waals surface area contributed by atoms with Crippen LogP contribution in [0.1, 0.15) is 11.1 Å². The van der Waals surface area contributed by atoms with Crippen molar-refractivity contribution in [2.75, 3.05) is 4.90 Å². The Balaban J connectivity index is 1.12. The maximum absolute atomic E-state index is 5.14. The lowest BCUT2D eigenvalue weighted by atomic mass is 10.0. The Kier molecular flexibility index (Phi) is 8.22. The Labute approximate surface area is 309 Å². The van der Waals surface area contributed by atoms with Crippen LogP contribution in [0, 0.1) is 13.8 Å². The van der Waals surface area contributed by atoms with Crippen LogP contribution in [-0.2, 0) is 0 Å². The van der Waals surface area contributed by atoms with Gasteiger partial charge in [0.2, 0.25) is 0 Å². The SMILES string of the molecule is Cc1ccc(-c2nc3ccccc3nc2-c2ccc(N(c3ccccc3)c3ccc(-c4nc5ccccc5nc4-c4ccc(C)cc4)cc3)cc2)cc1. The molecule has 0 spiro atoms. The van der Waals surface area contributed by atoms with Crippen LogP contribution in [0.15, 0.2) is 176 Å². The van der Waals surface area contributed by atoms with E-state index in [1.54, 1.807) is 0 Å². The highest BCUT2D eigenvalue weighted by atomic mass is 15.1. The maximum Gasteiger partial charge on any atom is 0.0973 e. The van der Waals surface area contributed by atoms with Crippen LogP contribution in [0.25, 0.3) is 67.1 Å². The number of hydrogen-bond acceptors (Lipinski definition) is 5. The lowest BCUT2D eigenvalue weighted by molar-refractivity contribution is 1.26. The van der Waals surface area contributed by atoms with E-state index in [9.17, 15) is 0 Å². The van der Waals surface area contributed by atoms with Crippen LogP contribution >= 0.6 is 0 Å². The van der Waals surface area contributed by atoms with Crippen molar-refractivity contribution in [3.8, 4) is 45.0 Å². The highest BCUT2D eigenvalue weighted by Crippen LogP contribution is 2.39. The first-order valence-corrected chi connectivity index (χ1v) is 17.8. The first-order chi connectivity index (χ1) is 26.1. The fourth-order valence-corrected chi connectivity index (χ4v) is 6.79. The van der Waals surface area contributed by atoms with Crippen LogP contribution in [-0.4, -0.2) is 19.9 Å². The summed E-state index contributed by atoms with van der Waals surface area (Å²) < 4.78 is 0. The molecule has 0 unspecified atom stereocenters. The van der Waals surface area contributed by atoms with Gasteiger partial charge in [-0.15, -0.1) is 0 Å². The lowest BCUT2D eigenvalue weighted by Gasteiger charge is -2.26. The number of rotatable bonds is 7. The second kappa shape index (κ2) is 13.6. The van der Waals surface area contributed by atoms with E-state index in [-0.39, 0.29) is 0 Å². The van der Waals surface area contributed by atoms with Gasteiger partial charge in [-0.1, -0.05) is 126 Å². The molecule has 0 aliphatic carbocycles. The van der Waals surface area contributed by atoms with E-state index in [2.05, 4.69) is 140 Å². The van der Waals surface area contributed by atoms with Crippen LogP contribution < -0.4 is 4.90 Å². The zero-order chi connectivity index (χ0) is 35.7. The predicted molar refractivity (Wildman–Crippen MR) is 219 cm³/mol. The summed E-state index contributed by atoms with van der Waals surface area (Å²) >= 11 is 0. The molecule has 252 valence electrons. The van der Waals surface area contributed by atoms with Gasteiger partial charge >= 0.3 is 0 Å². The Morgan fingerprint density at radius 3 is 0.868 bits per heavy atom. The van der Waals surface area contributed by atoms with Gasteiger partial charge in [0.15, 0.2) is 0 Å². The average Bonchev–Trinajstić information content (AvgIpc) is 3.21. The van der Waals surface area contributed by atoms with Gasteiger partial charge in [-0.3, -0.25) is 0 Å². The smallest absolute Gasteiger partial charge is 0.0973 e. The number of hydrogen-bond donors (Lipinski definition) is 0. The molecule has 0 amide bonds. The quantitative estimate of drug-likeness (QED) is 0.168. The first-order valence-electron chi connectivity index (χ1n) is 17.8. The van der Waals surface area contributed by atoms with E-state index in [1.807, 2.05) is 54.6 Å². The highest BCUT2D eigenvalue weighted by Gasteiger charge is 2.18. The van der Waals surface area contributed by atoms with Crippen molar-refractivity contribution < 1.29 is 0 Å². The third kappa shape index (κ3) is 6.30. The number of para-hydroxylation sites is 5. The number of fused-ring (bicyclic) bond motifs is 2. The minimum Gasteiger partial charge on any atom is -0.311 e. The molecular weight excluding hydrogens is 647 g/mol. The summed E-state index contributed by atoms with van der Waals surface area (Å²) in [4.78, 5) is 22.8. The average molecular weight is 682 g/mol. The highest BCUT2D eigenvalue weighted by molar-refractivity contribution is 5.89. The van der Waals surface area contributed by atoms with Crippen molar-refractivity contribution in [3.05, 3.63) is 187 Å². The van der Waals surface area contributed by atoms with Gasteiger partial charge in [0.25, 0.3) is 0 Å². The molecule has 2 aromatic heterocycles. The third-order valence-electron chi connectivity index (χ3n) is 9.60. The van der Waals surface area contributed by atoms with Gasteiger partial charge in [0, 0.05) is 39.3 Å². The summed E-state index contributed by atoms with van der Waals surface area (Å²) in [5, 5.41) is 0. The van der Waals surface area contributed by atoms with E-state index in [0.29, 0.717) is 0 Å². The number of aryl methyl sites for hydroxylation is 2. The molecule has 0 fully saturated rings. The summed E-state index contributed by atoms with van der Waals surface area (Å²) in [6.45, 7) is 4.20. The Morgan fingerprint density at radius 2 is 0.547 bits per heavy atom. The molecular formula is C48H35N5. The molecule has 0 radical (unpaired) electrons. The van der Waals surface area contributed by atoms with Crippen LogP contribution in [0.5, 0.6) is 0 Å². The van der Waals surface area contributed by atoms with E-state index in [1.165, 1.54) is 11.1 Å². The summed E-state index contributed by atoms with van der Waals surface area (Å²) in [6.07, 6.45) is 0. The Morgan fingerprint density at radius 1 is 0.283 bits per heavy atom. The van der Waals surface area contributed by atoms with Gasteiger partial charge in [0.05, 0.1) is 44.8 Å². The van der Waals surface area contributed by atoms with Crippen molar-refractivity contribution in [1.29, 1.82) is 0 Å². The van der Waals surface area contributed by atoms with Crippen molar-refractivity contribution in [1.82, 2.24) is 19.9 Å². The minimum atomic E-state index is 0.857. The van der Waals surface area contributed by atoms with E-state index in [0.717, 1.165) is 84.2 Å². The second-order valence-corrected chi connectivity index (χ2v) is 13.3. The third-order valence-corrected chi connectivity index (χ3v) is 9.60. The molecule has 2 heterocycles. The van der Waals surface area contributed by atoms with Gasteiger partial charge < -0.3 is 4.90 Å². The van der Waals surface area contributed by atoms with E-state index >= 15 is 0 Å². The van der Waals surface area contributed by atoms with E-state index in [4.69, 9.17) is 19.9 Å². The fraction of sp³-hybridized carbons (Fsp3) is 0.0417. The van der Waals surface area contributed by atoms with E-state index < -0.39 is 0 Å². The topological polar surface area (TPSA) is 54.8 Å². The normalized spacial score (nSPS) is 11.2. The molecule has 0 aliphatic heterocycles. The standard InChI is InChI=1S/C48H35N5/c1-32-16-20-34(21-17-32)45-47(51-43-14-8-6-12-41(43)49-45)36-24-28-39(29-25-36)53(38-10-4-3-5-11-38)40-30-26-37(27-31-40)48-46(35-22-18-33(2)19-23-35)50-42-13-7-9-15-44(42)52-48/h3-31H,1-2H3. The van der Waals surface area contributed by atoms with Crippen molar-refractivity contribution in [2.45, 2.75) is 13.8 Å². The zero-order valence-corrected chi connectivity index (χ0v) is 29.5. The predicted octanol–water partition coefficient (Wildman–Crippen LogP) is 12.3. The summed E-state index contributed by atoms with van der Waals surface area (Å²) in [5.41, 5.74) is 16.6. The molecule has 9 aromatic rings. The molecule has 9 rings (SSSR count). The molecule has 7 aromatic carbocycles. The fourth-order valence-electron chi connectivity index (χ4n) is 6.79. The van der Waals surface area contributed by atoms with Gasteiger partial charge in [-0.05, 0) is 74.5 Å². The molecule has 5 heteroatoms. The largest absolute Gasteiger partial charge is 0.311 e. The van der Waals surface area contributed by atoms with Gasteiger partial charge in [0.1, 0.15) is 0 Å².